The van der Waals surface area contributed by atoms with E-state index < -0.39 is 0 Å². The predicted molar refractivity (Wildman–Crippen MR) is 81.8 cm³/mol. The van der Waals surface area contributed by atoms with Crippen LogP contribution < -0.4 is 0 Å². The van der Waals surface area contributed by atoms with Crippen LogP contribution in [0.5, 0.6) is 0 Å². The smallest absolute Gasteiger partial charge is 0.223 e. The van der Waals surface area contributed by atoms with Crippen molar-refractivity contribution in [2.75, 3.05) is 6.54 Å². The van der Waals surface area contributed by atoms with Crippen LogP contribution in [0.15, 0.2) is 30.5 Å². The summed E-state index contributed by atoms with van der Waals surface area (Å²) >= 11 is 0. The third-order valence-corrected chi connectivity index (χ3v) is 4.49. The summed E-state index contributed by atoms with van der Waals surface area (Å²) in [6.45, 7) is 2.67. The molecule has 1 aliphatic heterocycles. The van der Waals surface area contributed by atoms with Gasteiger partial charge in [0.05, 0.1) is 6.04 Å². The van der Waals surface area contributed by atoms with Gasteiger partial charge >= 0.3 is 0 Å². The van der Waals surface area contributed by atoms with Crippen molar-refractivity contribution in [3.8, 4) is 0 Å². The van der Waals surface area contributed by atoms with Gasteiger partial charge in [-0.05, 0) is 49.1 Å². The molecule has 0 spiro atoms. The first-order valence-corrected chi connectivity index (χ1v) is 7.61. The maximum absolute atomic E-state index is 13.5. The van der Waals surface area contributed by atoms with E-state index in [2.05, 4.69) is 5.10 Å². The zero-order chi connectivity index (χ0) is 15.7. The van der Waals surface area contributed by atoms with Crippen LogP contribution in [0.4, 0.5) is 4.39 Å². The Morgan fingerprint density at radius 3 is 2.95 bits per heavy atom. The lowest BCUT2D eigenvalue weighted by molar-refractivity contribution is -0.133. The molecule has 2 aromatic rings. The lowest BCUT2D eigenvalue weighted by Crippen LogP contribution is -2.39. The van der Waals surface area contributed by atoms with E-state index in [1.165, 1.54) is 6.07 Å². The summed E-state index contributed by atoms with van der Waals surface area (Å²) in [4.78, 5) is 14.4. The molecule has 1 amide bonds. The number of nitrogens with zero attached hydrogens (tertiary/aromatic N) is 3. The summed E-state index contributed by atoms with van der Waals surface area (Å²) in [6, 6.07) is 6.74. The second-order valence-electron chi connectivity index (χ2n) is 5.80. The zero-order valence-electron chi connectivity index (χ0n) is 12.9. The lowest BCUT2D eigenvalue weighted by Gasteiger charge is -2.35. The number of benzene rings is 1. The summed E-state index contributed by atoms with van der Waals surface area (Å²) in [5.74, 6) is -0.126. The lowest BCUT2D eigenvalue weighted by atomic mass is 9.93. The highest BCUT2D eigenvalue weighted by molar-refractivity contribution is 5.77. The van der Waals surface area contributed by atoms with Crippen LogP contribution in [-0.4, -0.2) is 27.1 Å². The van der Waals surface area contributed by atoms with E-state index >= 15 is 0 Å². The first-order chi connectivity index (χ1) is 10.6. The molecule has 22 heavy (non-hydrogen) atoms. The Morgan fingerprint density at radius 2 is 2.23 bits per heavy atom. The third-order valence-electron chi connectivity index (χ3n) is 4.49. The molecule has 1 atom stereocenters. The van der Waals surface area contributed by atoms with E-state index in [0.29, 0.717) is 19.4 Å². The number of aromatic nitrogens is 2. The summed E-state index contributed by atoms with van der Waals surface area (Å²) in [5.41, 5.74) is 3.12. The number of hydrogen-bond acceptors (Lipinski definition) is 2. The molecule has 0 saturated carbocycles. The van der Waals surface area contributed by atoms with E-state index in [-0.39, 0.29) is 17.8 Å². The number of fused-ring (bicyclic) bond motifs is 1. The molecule has 2 heterocycles. The molecule has 1 aliphatic rings. The largest absolute Gasteiger partial charge is 0.336 e. The zero-order valence-corrected chi connectivity index (χ0v) is 12.9. The fourth-order valence-corrected chi connectivity index (χ4v) is 3.15. The van der Waals surface area contributed by atoms with Crippen molar-refractivity contribution < 1.29 is 9.18 Å². The number of aryl methyl sites for hydroxylation is 2. The Bertz CT molecular complexity index is 695. The minimum absolute atomic E-state index is 0.0708. The van der Waals surface area contributed by atoms with Gasteiger partial charge in [-0.3, -0.25) is 9.48 Å². The van der Waals surface area contributed by atoms with Gasteiger partial charge in [0.2, 0.25) is 5.91 Å². The minimum Gasteiger partial charge on any atom is -0.336 e. The van der Waals surface area contributed by atoms with Gasteiger partial charge in [0.15, 0.2) is 0 Å². The second kappa shape index (κ2) is 5.91. The van der Waals surface area contributed by atoms with Crippen molar-refractivity contribution in [1.82, 2.24) is 14.7 Å². The van der Waals surface area contributed by atoms with Gasteiger partial charge in [-0.15, -0.1) is 0 Å². The van der Waals surface area contributed by atoms with Crippen molar-refractivity contribution in [3.05, 3.63) is 53.1 Å². The molecule has 0 aliphatic carbocycles. The van der Waals surface area contributed by atoms with Crippen molar-refractivity contribution in [1.29, 1.82) is 0 Å². The van der Waals surface area contributed by atoms with Gasteiger partial charge in [-0.1, -0.05) is 6.07 Å². The molecule has 0 N–H and O–H groups in total. The third kappa shape index (κ3) is 2.75. The number of rotatable bonds is 3. The van der Waals surface area contributed by atoms with Crippen molar-refractivity contribution in [3.63, 3.8) is 0 Å². The first-order valence-electron chi connectivity index (χ1n) is 7.61. The van der Waals surface area contributed by atoms with Gasteiger partial charge in [-0.2, -0.15) is 5.10 Å². The monoisotopic (exact) mass is 301 g/mol. The Kier molecular flexibility index (Phi) is 3.96. The van der Waals surface area contributed by atoms with E-state index in [4.69, 9.17) is 0 Å². The SMILES string of the molecule is CC1c2cc(F)ccc2CCN1C(=O)CCc1ccnn1C. The quantitative estimate of drug-likeness (QED) is 0.874. The Morgan fingerprint density at radius 1 is 1.41 bits per heavy atom. The summed E-state index contributed by atoms with van der Waals surface area (Å²) in [5, 5.41) is 4.11. The van der Waals surface area contributed by atoms with Crippen LogP contribution in [0.3, 0.4) is 0 Å². The highest BCUT2D eigenvalue weighted by atomic mass is 19.1. The number of carbonyl (C=O) groups excluding carboxylic acids is 1. The number of amides is 1. The van der Waals surface area contributed by atoms with Gasteiger partial charge < -0.3 is 4.90 Å². The normalized spacial score (nSPS) is 17.4. The molecule has 5 heteroatoms. The second-order valence-corrected chi connectivity index (χ2v) is 5.80. The van der Waals surface area contributed by atoms with Crippen LogP contribution in [0, 0.1) is 5.82 Å². The van der Waals surface area contributed by atoms with Crippen LogP contribution in [0.2, 0.25) is 0 Å². The van der Waals surface area contributed by atoms with Gasteiger partial charge in [0, 0.05) is 31.9 Å². The first kappa shape index (κ1) is 14.8. The Hall–Kier alpha value is -2.17. The maximum atomic E-state index is 13.5. The number of hydrogen-bond donors (Lipinski definition) is 0. The standard InChI is InChI=1S/C17H20FN3O/c1-12-16-11-14(18)4-3-13(16)8-10-21(12)17(22)6-5-15-7-9-19-20(15)2/h3-4,7,9,11-12H,5-6,8,10H2,1-2H3. The van der Waals surface area contributed by atoms with Crippen LogP contribution >= 0.6 is 0 Å². The van der Waals surface area contributed by atoms with Gasteiger partial charge in [-0.25, -0.2) is 4.39 Å². The Balaban J connectivity index is 1.70. The van der Waals surface area contributed by atoms with E-state index in [1.807, 2.05) is 31.0 Å². The number of halogens is 1. The predicted octanol–water partition coefficient (Wildman–Crippen LogP) is 2.64. The average Bonchev–Trinajstić information content (AvgIpc) is 2.91. The topological polar surface area (TPSA) is 38.1 Å². The summed E-state index contributed by atoms with van der Waals surface area (Å²) < 4.78 is 15.3. The van der Waals surface area contributed by atoms with Crippen molar-refractivity contribution >= 4 is 5.91 Å². The average molecular weight is 301 g/mol. The van der Waals surface area contributed by atoms with Crippen LogP contribution in [-0.2, 0) is 24.7 Å². The minimum atomic E-state index is -0.241. The molecule has 1 unspecified atom stereocenters. The fraction of sp³-hybridized carbons (Fsp3) is 0.412. The summed E-state index contributed by atoms with van der Waals surface area (Å²) in [7, 11) is 1.88. The highest BCUT2D eigenvalue weighted by Crippen LogP contribution is 2.30. The molecule has 3 rings (SSSR count). The highest BCUT2D eigenvalue weighted by Gasteiger charge is 2.27. The molecule has 4 nitrogen and oxygen atoms in total. The fourth-order valence-electron chi connectivity index (χ4n) is 3.15. The van der Waals surface area contributed by atoms with Crippen molar-refractivity contribution in [2.45, 2.75) is 32.2 Å². The molecule has 0 bridgehead atoms. The van der Waals surface area contributed by atoms with E-state index in [0.717, 1.165) is 23.2 Å². The van der Waals surface area contributed by atoms with Gasteiger partial charge in [0.1, 0.15) is 5.82 Å². The van der Waals surface area contributed by atoms with E-state index in [1.54, 1.807) is 16.9 Å². The van der Waals surface area contributed by atoms with Crippen LogP contribution in [0.1, 0.15) is 36.2 Å². The van der Waals surface area contributed by atoms with Crippen LogP contribution in [0.25, 0.3) is 0 Å². The Labute approximate surface area is 129 Å². The van der Waals surface area contributed by atoms with Crippen molar-refractivity contribution in [2.24, 2.45) is 7.05 Å². The maximum Gasteiger partial charge on any atom is 0.223 e. The number of carbonyl (C=O) groups is 1. The summed E-state index contributed by atoms with van der Waals surface area (Å²) in [6.07, 6.45) is 3.66. The molecule has 0 fully saturated rings. The molecular weight excluding hydrogens is 281 g/mol. The van der Waals surface area contributed by atoms with E-state index in [9.17, 15) is 9.18 Å². The van der Waals surface area contributed by atoms with Gasteiger partial charge in [0.25, 0.3) is 0 Å². The molecular formula is C17H20FN3O. The molecule has 1 aromatic heterocycles. The molecule has 1 aromatic carbocycles. The molecule has 0 saturated heterocycles. The molecule has 116 valence electrons. The molecule has 0 radical (unpaired) electrons.